The van der Waals surface area contributed by atoms with Gasteiger partial charge in [-0.15, -0.1) is 0 Å². The van der Waals surface area contributed by atoms with Gasteiger partial charge in [-0.3, -0.25) is 4.79 Å². The van der Waals surface area contributed by atoms with Crippen LogP contribution in [0.25, 0.3) is 0 Å². The summed E-state index contributed by atoms with van der Waals surface area (Å²) in [5.41, 5.74) is 15.9. The van der Waals surface area contributed by atoms with Crippen LogP contribution in [0, 0.1) is 0 Å². The average Bonchev–Trinajstić information content (AvgIpc) is 2.83. The van der Waals surface area contributed by atoms with Gasteiger partial charge in [-0.2, -0.15) is 0 Å². The third kappa shape index (κ3) is 2.32. The van der Waals surface area contributed by atoms with E-state index >= 15 is 0 Å². The highest BCUT2D eigenvalue weighted by Crippen LogP contribution is 2.27. The van der Waals surface area contributed by atoms with Crippen molar-refractivity contribution < 1.29 is 4.79 Å². The first-order valence-corrected chi connectivity index (χ1v) is 6.66. The van der Waals surface area contributed by atoms with Crippen LogP contribution >= 0.6 is 0 Å². The summed E-state index contributed by atoms with van der Waals surface area (Å²) in [5.74, 6) is -0.442. The van der Waals surface area contributed by atoms with Gasteiger partial charge in [0.2, 0.25) is 5.91 Å². The molecule has 0 atom stereocenters. The zero-order valence-corrected chi connectivity index (χ0v) is 11.1. The average molecular weight is 267 g/mol. The van der Waals surface area contributed by atoms with Crippen molar-refractivity contribution in [2.75, 3.05) is 11.1 Å². The van der Waals surface area contributed by atoms with Crippen molar-refractivity contribution in [1.29, 1.82) is 0 Å². The maximum atomic E-state index is 11.2. The third-order valence-corrected chi connectivity index (χ3v) is 3.75. The molecule has 102 valence electrons. The predicted octanol–water partition coefficient (Wildman–Crippen LogP) is 1.95. The summed E-state index contributed by atoms with van der Waals surface area (Å²) in [6.45, 7) is 0. The normalized spacial score (nSPS) is 14.0. The zero-order chi connectivity index (χ0) is 14.1. The molecule has 2 aromatic rings. The van der Waals surface area contributed by atoms with E-state index in [-0.39, 0.29) is 0 Å². The molecule has 4 heteroatoms. The van der Waals surface area contributed by atoms with E-state index in [1.807, 2.05) is 0 Å². The van der Waals surface area contributed by atoms with Crippen molar-refractivity contribution in [2.24, 2.45) is 5.73 Å². The Hall–Kier alpha value is -2.49. The Morgan fingerprint density at radius 1 is 1.10 bits per heavy atom. The summed E-state index contributed by atoms with van der Waals surface area (Å²) < 4.78 is 0. The molecule has 0 fully saturated rings. The number of anilines is 2. The monoisotopic (exact) mass is 267 g/mol. The topological polar surface area (TPSA) is 81.1 Å². The molecule has 0 radical (unpaired) electrons. The molecule has 0 aliphatic heterocycles. The van der Waals surface area contributed by atoms with Gasteiger partial charge in [0.15, 0.2) is 0 Å². The largest absolute Gasteiger partial charge is 0.397 e. The summed E-state index contributed by atoms with van der Waals surface area (Å²) in [5, 5.41) is 3.42. The van der Waals surface area contributed by atoms with Gasteiger partial charge < -0.3 is 16.8 Å². The molecule has 1 aliphatic rings. The number of hydrogen-bond acceptors (Lipinski definition) is 3. The Bertz CT molecular complexity index is 642. The van der Waals surface area contributed by atoms with Crippen molar-refractivity contribution in [3.8, 4) is 0 Å². The minimum absolute atomic E-state index is 0.304. The minimum Gasteiger partial charge on any atom is -0.397 e. The third-order valence-electron chi connectivity index (χ3n) is 3.75. The summed E-state index contributed by atoms with van der Waals surface area (Å²) >= 11 is 0. The number of rotatable bonds is 3. The van der Waals surface area contributed by atoms with E-state index in [1.54, 1.807) is 18.2 Å². The summed E-state index contributed by atoms with van der Waals surface area (Å²) in [4.78, 5) is 11.2. The first kappa shape index (κ1) is 12.5. The van der Waals surface area contributed by atoms with Crippen LogP contribution in [0.3, 0.4) is 0 Å². The second kappa shape index (κ2) is 4.89. The van der Waals surface area contributed by atoms with E-state index in [9.17, 15) is 4.79 Å². The maximum absolute atomic E-state index is 11.2. The molecule has 0 heterocycles. The van der Waals surface area contributed by atoms with E-state index in [1.165, 1.54) is 11.1 Å². The number of primary amides is 1. The molecule has 3 rings (SSSR count). The molecule has 0 spiro atoms. The van der Waals surface area contributed by atoms with Gasteiger partial charge in [0.05, 0.1) is 11.4 Å². The van der Waals surface area contributed by atoms with Crippen molar-refractivity contribution >= 4 is 17.3 Å². The van der Waals surface area contributed by atoms with Crippen LogP contribution in [0.4, 0.5) is 11.4 Å². The SMILES string of the molecule is NC(=O)c1ccc(N)c(NC2Cc3ccccc3C2)c1. The number of fused-ring (bicyclic) bond motifs is 1. The highest BCUT2D eigenvalue weighted by molar-refractivity contribution is 5.95. The number of benzene rings is 2. The van der Waals surface area contributed by atoms with Crippen molar-refractivity contribution in [2.45, 2.75) is 18.9 Å². The first-order chi connectivity index (χ1) is 9.63. The molecule has 2 aromatic carbocycles. The summed E-state index contributed by atoms with van der Waals surface area (Å²) in [7, 11) is 0. The Kier molecular flexibility index (Phi) is 3.06. The molecule has 20 heavy (non-hydrogen) atoms. The lowest BCUT2D eigenvalue weighted by Crippen LogP contribution is -2.21. The van der Waals surface area contributed by atoms with Crippen LogP contribution in [-0.4, -0.2) is 11.9 Å². The Labute approximate surface area is 117 Å². The number of carbonyl (C=O) groups is 1. The maximum Gasteiger partial charge on any atom is 0.248 e. The van der Waals surface area contributed by atoms with E-state index < -0.39 is 5.91 Å². The Morgan fingerprint density at radius 2 is 1.75 bits per heavy atom. The molecule has 0 aromatic heterocycles. The van der Waals surface area contributed by atoms with Crippen LogP contribution in [-0.2, 0) is 12.8 Å². The number of amides is 1. The van der Waals surface area contributed by atoms with Gasteiger partial charge in [0.25, 0.3) is 0 Å². The molecule has 5 N–H and O–H groups in total. The zero-order valence-electron chi connectivity index (χ0n) is 11.1. The van der Waals surface area contributed by atoms with Gasteiger partial charge in [0, 0.05) is 11.6 Å². The molecule has 0 unspecified atom stereocenters. The van der Waals surface area contributed by atoms with Crippen LogP contribution < -0.4 is 16.8 Å². The highest BCUT2D eigenvalue weighted by atomic mass is 16.1. The number of nitrogens with two attached hydrogens (primary N) is 2. The van der Waals surface area contributed by atoms with Gasteiger partial charge in [-0.25, -0.2) is 0 Å². The molecule has 0 bridgehead atoms. The Morgan fingerprint density at radius 3 is 2.35 bits per heavy atom. The summed E-state index contributed by atoms with van der Waals surface area (Å²) in [6.07, 6.45) is 1.94. The van der Waals surface area contributed by atoms with E-state index in [0.717, 1.165) is 18.5 Å². The highest BCUT2D eigenvalue weighted by Gasteiger charge is 2.21. The van der Waals surface area contributed by atoms with Crippen molar-refractivity contribution in [1.82, 2.24) is 0 Å². The van der Waals surface area contributed by atoms with E-state index in [0.29, 0.717) is 17.3 Å². The molecule has 1 aliphatic carbocycles. The van der Waals surface area contributed by atoms with Crippen LogP contribution in [0.15, 0.2) is 42.5 Å². The molecule has 4 nitrogen and oxygen atoms in total. The first-order valence-electron chi connectivity index (χ1n) is 6.66. The number of nitrogens with one attached hydrogen (secondary N) is 1. The lowest BCUT2D eigenvalue weighted by Gasteiger charge is -2.16. The standard InChI is InChI=1S/C16H17N3O/c17-14-6-5-12(16(18)20)9-15(14)19-13-7-10-3-1-2-4-11(10)8-13/h1-6,9,13,19H,7-8,17H2,(H2,18,20). The minimum atomic E-state index is -0.442. The van der Waals surface area contributed by atoms with Gasteiger partial charge in [-0.05, 0) is 42.2 Å². The molecule has 0 saturated carbocycles. The van der Waals surface area contributed by atoms with Gasteiger partial charge >= 0.3 is 0 Å². The van der Waals surface area contributed by atoms with Crippen LogP contribution in [0.2, 0.25) is 0 Å². The van der Waals surface area contributed by atoms with Gasteiger partial charge in [0.1, 0.15) is 0 Å². The lowest BCUT2D eigenvalue weighted by atomic mass is 10.1. The second-order valence-corrected chi connectivity index (χ2v) is 5.18. The molecular formula is C16H17N3O. The van der Waals surface area contributed by atoms with Crippen molar-refractivity contribution in [3.63, 3.8) is 0 Å². The van der Waals surface area contributed by atoms with Crippen LogP contribution in [0.5, 0.6) is 0 Å². The molecule has 0 saturated heterocycles. The quantitative estimate of drug-likeness (QED) is 0.743. The Balaban J connectivity index is 1.80. The fourth-order valence-electron chi connectivity index (χ4n) is 2.72. The van der Waals surface area contributed by atoms with Crippen molar-refractivity contribution in [3.05, 3.63) is 59.2 Å². The van der Waals surface area contributed by atoms with E-state index in [4.69, 9.17) is 11.5 Å². The molecular weight excluding hydrogens is 250 g/mol. The van der Waals surface area contributed by atoms with Crippen LogP contribution in [0.1, 0.15) is 21.5 Å². The smallest absolute Gasteiger partial charge is 0.248 e. The van der Waals surface area contributed by atoms with E-state index in [2.05, 4.69) is 29.6 Å². The number of nitrogen functional groups attached to an aromatic ring is 1. The lowest BCUT2D eigenvalue weighted by molar-refractivity contribution is 0.100. The fraction of sp³-hybridized carbons (Fsp3) is 0.188. The molecule has 1 amide bonds. The number of hydrogen-bond donors (Lipinski definition) is 3. The summed E-state index contributed by atoms with van der Waals surface area (Å²) in [6, 6.07) is 13.8. The second-order valence-electron chi connectivity index (χ2n) is 5.18. The fourth-order valence-corrected chi connectivity index (χ4v) is 2.72. The number of carbonyl (C=O) groups excluding carboxylic acids is 1. The van der Waals surface area contributed by atoms with Gasteiger partial charge in [-0.1, -0.05) is 24.3 Å². The predicted molar refractivity (Wildman–Crippen MR) is 80.6 cm³/mol.